The summed E-state index contributed by atoms with van der Waals surface area (Å²) >= 11 is 0. The van der Waals surface area contributed by atoms with Crippen molar-refractivity contribution in [2.45, 2.75) is 6.61 Å². The normalized spacial score (nSPS) is 10.1. The van der Waals surface area contributed by atoms with Crippen LogP contribution in [0.1, 0.15) is 15.9 Å². The first-order valence-electron chi connectivity index (χ1n) is 8.40. The molecule has 0 aliphatic heterocycles. The van der Waals surface area contributed by atoms with Crippen molar-refractivity contribution in [3.8, 4) is 23.0 Å². The Morgan fingerprint density at radius 3 is 1.70 bits per heavy atom. The Labute approximate surface area is 158 Å². The summed E-state index contributed by atoms with van der Waals surface area (Å²) in [7, 11) is 3.21. The Hall–Kier alpha value is -3.47. The van der Waals surface area contributed by atoms with Gasteiger partial charge in [0, 0.05) is 0 Å². The van der Waals surface area contributed by atoms with Crippen LogP contribution in [0, 0.1) is 0 Å². The molecule has 0 bridgehead atoms. The molecule has 0 fully saturated rings. The van der Waals surface area contributed by atoms with Crippen LogP contribution in [0.2, 0.25) is 0 Å². The number of esters is 1. The summed E-state index contributed by atoms with van der Waals surface area (Å²) in [5, 5.41) is 0. The van der Waals surface area contributed by atoms with E-state index in [2.05, 4.69) is 0 Å². The van der Waals surface area contributed by atoms with Crippen LogP contribution in [-0.4, -0.2) is 20.2 Å². The maximum Gasteiger partial charge on any atom is 0.343 e. The zero-order valence-electron chi connectivity index (χ0n) is 15.2. The van der Waals surface area contributed by atoms with Crippen LogP contribution in [0.4, 0.5) is 0 Å². The average Bonchev–Trinajstić information content (AvgIpc) is 2.73. The summed E-state index contributed by atoms with van der Waals surface area (Å²) < 4.78 is 21.3. The Bertz CT molecular complexity index is 868. The second-order valence-corrected chi connectivity index (χ2v) is 5.73. The number of carbonyl (C=O) groups excluding carboxylic acids is 1. The molecule has 0 heterocycles. The van der Waals surface area contributed by atoms with E-state index in [9.17, 15) is 4.79 Å². The molecule has 3 aromatic carbocycles. The van der Waals surface area contributed by atoms with Gasteiger partial charge in [-0.3, -0.25) is 0 Å². The van der Waals surface area contributed by atoms with E-state index in [1.165, 1.54) is 0 Å². The van der Waals surface area contributed by atoms with E-state index in [1.54, 1.807) is 62.8 Å². The molecule has 138 valence electrons. The Balaban J connectivity index is 1.55. The lowest BCUT2D eigenvalue weighted by Crippen LogP contribution is -2.08. The standard InChI is InChI=1S/C22H20O5/c1-24-18-7-3-16(4-8-18)15-26-20-11-13-21(14-12-20)27-22(23)17-5-9-19(25-2)10-6-17/h3-14H,15H2,1-2H3. The molecule has 3 rings (SSSR count). The van der Waals surface area contributed by atoms with Gasteiger partial charge in [0.25, 0.3) is 0 Å². The van der Waals surface area contributed by atoms with E-state index in [4.69, 9.17) is 18.9 Å². The maximum atomic E-state index is 12.2. The van der Waals surface area contributed by atoms with Gasteiger partial charge in [-0.15, -0.1) is 0 Å². The van der Waals surface area contributed by atoms with Gasteiger partial charge in [-0.05, 0) is 66.2 Å². The monoisotopic (exact) mass is 364 g/mol. The highest BCUT2D eigenvalue weighted by atomic mass is 16.5. The molecule has 5 heteroatoms. The molecule has 0 saturated heterocycles. The molecule has 0 unspecified atom stereocenters. The number of benzene rings is 3. The lowest BCUT2D eigenvalue weighted by molar-refractivity contribution is 0.0734. The first kappa shape index (κ1) is 18.3. The zero-order valence-corrected chi connectivity index (χ0v) is 15.2. The maximum absolute atomic E-state index is 12.2. The van der Waals surface area contributed by atoms with Crippen molar-refractivity contribution in [1.29, 1.82) is 0 Å². The van der Waals surface area contributed by atoms with Crippen molar-refractivity contribution in [2.75, 3.05) is 14.2 Å². The van der Waals surface area contributed by atoms with E-state index in [0.717, 1.165) is 11.3 Å². The van der Waals surface area contributed by atoms with Crippen LogP contribution in [0.15, 0.2) is 72.8 Å². The number of hydrogen-bond donors (Lipinski definition) is 0. The first-order valence-corrected chi connectivity index (χ1v) is 8.40. The average molecular weight is 364 g/mol. The van der Waals surface area contributed by atoms with Gasteiger partial charge in [-0.25, -0.2) is 4.79 Å². The highest BCUT2D eigenvalue weighted by molar-refractivity contribution is 5.91. The molecule has 27 heavy (non-hydrogen) atoms. The minimum atomic E-state index is -0.426. The van der Waals surface area contributed by atoms with Gasteiger partial charge in [0.05, 0.1) is 19.8 Å². The van der Waals surface area contributed by atoms with Crippen LogP contribution < -0.4 is 18.9 Å². The van der Waals surface area contributed by atoms with Crippen LogP contribution in [-0.2, 0) is 6.61 Å². The molecule has 0 N–H and O–H groups in total. The summed E-state index contributed by atoms with van der Waals surface area (Å²) in [4.78, 5) is 12.2. The Morgan fingerprint density at radius 2 is 1.15 bits per heavy atom. The van der Waals surface area contributed by atoms with Crippen molar-refractivity contribution < 1.29 is 23.7 Å². The SMILES string of the molecule is COc1ccc(COc2ccc(OC(=O)c3ccc(OC)cc3)cc2)cc1. The number of methoxy groups -OCH3 is 2. The fraction of sp³-hybridized carbons (Fsp3) is 0.136. The summed E-state index contributed by atoms with van der Waals surface area (Å²) in [6.07, 6.45) is 0. The smallest absolute Gasteiger partial charge is 0.343 e. The number of ether oxygens (including phenoxy) is 4. The molecule has 0 spiro atoms. The van der Waals surface area contributed by atoms with Crippen molar-refractivity contribution in [2.24, 2.45) is 0 Å². The summed E-state index contributed by atoms with van der Waals surface area (Å²) in [5.41, 5.74) is 1.49. The largest absolute Gasteiger partial charge is 0.497 e. The van der Waals surface area contributed by atoms with Gasteiger partial charge in [0.2, 0.25) is 0 Å². The summed E-state index contributed by atoms with van der Waals surface area (Å²) in [6.45, 7) is 0.439. The van der Waals surface area contributed by atoms with Gasteiger partial charge in [0.15, 0.2) is 0 Å². The van der Waals surface area contributed by atoms with Gasteiger partial charge < -0.3 is 18.9 Å². The van der Waals surface area contributed by atoms with Crippen LogP contribution in [0.3, 0.4) is 0 Å². The van der Waals surface area contributed by atoms with Gasteiger partial charge >= 0.3 is 5.97 Å². The molecule has 0 amide bonds. The minimum Gasteiger partial charge on any atom is -0.497 e. The van der Waals surface area contributed by atoms with Crippen LogP contribution in [0.5, 0.6) is 23.0 Å². The highest BCUT2D eigenvalue weighted by Crippen LogP contribution is 2.21. The predicted molar refractivity (Wildman–Crippen MR) is 102 cm³/mol. The van der Waals surface area contributed by atoms with Crippen molar-refractivity contribution in [3.05, 3.63) is 83.9 Å². The second kappa shape index (κ2) is 8.76. The quantitative estimate of drug-likeness (QED) is 0.456. The van der Waals surface area contributed by atoms with Gasteiger partial charge in [0.1, 0.15) is 29.6 Å². The van der Waals surface area contributed by atoms with Crippen LogP contribution in [0.25, 0.3) is 0 Å². The number of hydrogen-bond acceptors (Lipinski definition) is 5. The van der Waals surface area contributed by atoms with E-state index in [-0.39, 0.29) is 0 Å². The van der Waals surface area contributed by atoms with Gasteiger partial charge in [-0.1, -0.05) is 12.1 Å². The highest BCUT2D eigenvalue weighted by Gasteiger charge is 2.09. The zero-order chi connectivity index (χ0) is 19.1. The third kappa shape index (κ3) is 5.01. The lowest BCUT2D eigenvalue weighted by atomic mass is 10.2. The molecule has 0 saturated carbocycles. The predicted octanol–water partition coefficient (Wildman–Crippen LogP) is 4.50. The topological polar surface area (TPSA) is 54.0 Å². The molecule has 0 aliphatic rings. The molecular weight excluding hydrogens is 344 g/mol. The molecule has 0 aliphatic carbocycles. The molecule has 5 nitrogen and oxygen atoms in total. The fourth-order valence-electron chi connectivity index (χ4n) is 2.39. The number of rotatable bonds is 7. The number of carbonyl (C=O) groups is 1. The molecule has 0 atom stereocenters. The second-order valence-electron chi connectivity index (χ2n) is 5.73. The molecule has 0 radical (unpaired) electrons. The lowest BCUT2D eigenvalue weighted by Gasteiger charge is -2.09. The third-order valence-electron chi connectivity index (χ3n) is 3.92. The van der Waals surface area contributed by atoms with Crippen molar-refractivity contribution in [3.63, 3.8) is 0 Å². The summed E-state index contributed by atoms with van der Waals surface area (Å²) in [5.74, 6) is 2.21. The van der Waals surface area contributed by atoms with E-state index >= 15 is 0 Å². The Kier molecular flexibility index (Phi) is 5.94. The minimum absolute atomic E-state index is 0.426. The van der Waals surface area contributed by atoms with Crippen LogP contribution >= 0.6 is 0 Å². The molecule has 3 aromatic rings. The van der Waals surface area contributed by atoms with Crippen molar-refractivity contribution >= 4 is 5.97 Å². The van der Waals surface area contributed by atoms with E-state index in [0.29, 0.717) is 29.4 Å². The molecule has 0 aromatic heterocycles. The Morgan fingerprint density at radius 1 is 0.667 bits per heavy atom. The fourth-order valence-corrected chi connectivity index (χ4v) is 2.39. The third-order valence-corrected chi connectivity index (χ3v) is 3.92. The summed E-state index contributed by atoms with van der Waals surface area (Å²) in [6, 6.07) is 21.4. The van der Waals surface area contributed by atoms with Crippen molar-refractivity contribution in [1.82, 2.24) is 0 Å². The first-order chi connectivity index (χ1) is 13.2. The van der Waals surface area contributed by atoms with Gasteiger partial charge in [-0.2, -0.15) is 0 Å². The van der Waals surface area contributed by atoms with E-state index < -0.39 is 5.97 Å². The van der Waals surface area contributed by atoms with E-state index in [1.807, 2.05) is 24.3 Å². The molecular formula is C22H20O5.